The van der Waals surface area contributed by atoms with E-state index in [-0.39, 0.29) is 5.91 Å². The predicted octanol–water partition coefficient (Wildman–Crippen LogP) is 0.638. The van der Waals surface area contributed by atoms with Crippen molar-refractivity contribution in [3.63, 3.8) is 0 Å². The summed E-state index contributed by atoms with van der Waals surface area (Å²) in [6.07, 6.45) is 5.31. The Labute approximate surface area is 120 Å². The van der Waals surface area contributed by atoms with Crippen molar-refractivity contribution in [3.8, 4) is 12.3 Å². The van der Waals surface area contributed by atoms with Crippen LogP contribution in [0.5, 0.6) is 0 Å². The molecule has 0 radical (unpaired) electrons. The highest BCUT2D eigenvalue weighted by Crippen LogP contribution is 2.21. The number of hydrogen-bond acceptors (Lipinski definition) is 3. The molecule has 1 aliphatic heterocycles. The molecular formula is C16H21N3O. The summed E-state index contributed by atoms with van der Waals surface area (Å²) in [4.78, 5) is 16.6. The SMILES string of the molecule is C#CCN1CCN(C(=O)C(C)(N)c2ccccc2)CC1. The summed E-state index contributed by atoms with van der Waals surface area (Å²) in [5.41, 5.74) is 6.14. The van der Waals surface area contributed by atoms with E-state index < -0.39 is 5.54 Å². The Bertz CT molecular complexity index is 496. The predicted molar refractivity (Wildman–Crippen MR) is 79.8 cm³/mol. The van der Waals surface area contributed by atoms with Crippen molar-refractivity contribution >= 4 is 5.91 Å². The van der Waals surface area contributed by atoms with E-state index in [2.05, 4.69) is 10.8 Å². The molecule has 4 heteroatoms. The fraction of sp³-hybridized carbons (Fsp3) is 0.438. The molecule has 0 spiro atoms. The van der Waals surface area contributed by atoms with E-state index >= 15 is 0 Å². The van der Waals surface area contributed by atoms with Gasteiger partial charge in [-0.25, -0.2) is 0 Å². The minimum atomic E-state index is -0.977. The first kappa shape index (κ1) is 14.6. The van der Waals surface area contributed by atoms with Gasteiger partial charge in [0, 0.05) is 26.2 Å². The fourth-order valence-electron chi connectivity index (χ4n) is 2.47. The average molecular weight is 271 g/mol. The summed E-state index contributed by atoms with van der Waals surface area (Å²) in [5, 5.41) is 0. The quantitative estimate of drug-likeness (QED) is 0.821. The standard InChI is InChI=1S/C16H21N3O/c1-3-9-18-10-12-19(13-11-18)15(20)16(2,17)14-7-5-4-6-8-14/h1,4-8H,9-13,17H2,2H3. The molecule has 0 aliphatic carbocycles. The van der Waals surface area contributed by atoms with Crippen molar-refractivity contribution in [2.45, 2.75) is 12.5 Å². The average Bonchev–Trinajstić information content (AvgIpc) is 2.48. The van der Waals surface area contributed by atoms with Gasteiger partial charge in [-0.05, 0) is 12.5 Å². The lowest BCUT2D eigenvalue weighted by molar-refractivity contribution is -0.138. The van der Waals surface area contributed by atoms with E-state index in [1.165, 1.54) is 0 Å². The molecule has 1 unspecified atom stereocenters. The van der Waals surface area contributed by atoms with Gasteiger partial charge in [0.1, 0.15) is 5.54 Å². The number of benzene rings is 1. The Hall–Kier alpha value is -1.83. The number of carbonyl (C=O) groups excluding carboxylic acids is 1. The van der Waals surface area contributed by atoms with E-state index in [1.807, 2.05) is 35.2 Å². The largest absolute Gasteiger partial charge is 0.338 e. The van der Waals surface area contributed by atoms with Crippen LogP contribution >= 0.6 is 0 Å². The molecule has 1 amide bonds. The highest BCUT2D eigenvalue weighted by molar-refractivity contribution is 5.87. The van der Waals surface area contributed by atoms with Crippen LogP contribution < -0.4 is 5.73 Å². The molecule has 1 aromatic rings. The summed E-state index contributed by atoms with van der Waals surface area (Å²) in [6.45, 7) is 5.39. The third kappa shape index (κ3) is 3.01. The van der Waals surface area contributed by atoms with Gasteiger partial charge in [0.2, 0.25) is 5.91 Å². The second kappa shape index (κ2) is 6.08. The Kier molecular flexibility index (Phi) is 4.43. The van der Waals surface area contributed by atoms with E-state index in [1.54, 1.807) is 6.92 Å². The molecule has 4 nitrogen and oxygen atoms in total. The lowest BCUT2D eigenvalue weighted by Crippen LogP contribution is -2.56. The minimum absolute atomic E-state index is 0.0240. The third-order valence-electron chi connectivity index (χ3n) is 3.79. The molecule has 2 rings (SSSR count). The Balaban J connectivity index is 2.03. The maximum absolute atomic E-state index is 12.6. The van der Waals surface area contributed by atoms with Gasteiger partial charge >= 0.3 is 0 Å². The molecule has 1 fully saturated rings. The second-order valence-electron chi connectivity index (χ2n) is 5.34. The van der Waals surface area contributed by atoms with Crippen molar-refractivity contribution in [2.75, 3.05) is 32.7 Å². The number of terminal acetylenes is 1. The molecule has 1 aliphatic rings. The Morgan fingerprint density at radius 1 is 1.30 bits per heavy atom. The topological polar surface area (TPSA) is 49.6 Å². The third-order valence-corrected chi connectivity index (χ3v) is 3.79. The minimum Gasteiger partial charge on any atom is -0.338 e. The van der Waals surface area contributed by atoms with Crippen LogP contribution in [0.1, 0.15) is 12.5 Å². The normalized spacial score (nSPS) is 19.1. The molecule has 0 aromatic heterocycles. The van der Waals surface area contributed by atoms with Crippen molar-refractivity contribution in [1.29, 1.82) is 0 Å². The van der Waals surface area contributed by atoms with Crippen LogP contribution in [0.15, 0.2) is 30.3 Å². The summed E-state index contributed by atoms with van der Waals surface area (Å²) >= 11 is 0. The van der Waals surface area contributed by atoms with Crippen molar-refractivity contribution in [3.05, 3.63) is 35.9 Å². The van der Waals surface area contributed by atoms with Gasteiger partial charge in [0.25, 0.3) is 0 Å². The lowest BCUT2D eigenvalue weighted by atomic mass is 9.91. The first-order chi connectivity index (χ1) is 9.55. The summed E-state index contributed by atoms with van der Waals surface area (Å²) in [6, 6.07) is 9.51. The van der Waals surface area contributed by atoms with Crippen molar-refractivity contribution in [1.82, 2.24) is 9.80 Å². The highest BCUT2D eigenvalue weighted by Gasteiger charge is 2.35. The first-order valence-corrected chi connectivity index (χ1v) is 6.85. The van der Waals surface area contributed by atoms with Crippen LogP contribution in [0.2, 0.25) is 0 Å². The van der Waals surface area contributed by atoms with Crippen molar-refractivity contribution < 1.29 is 4.79 Å². The van der Waals surface area contributed by atoms with Crippen LogP contribution in [0, 0.1) is 12.3 Å². The molecule has 1 saturated heterocycles. The summed E-state index contributed by atoms with van der Waals surface area (Å²) in [7, 11) is 0. The molecule has 20 heavy (non-hydrogen) atoms. The number of rotatable bonds is 3. The van der Waals surface area contributed by atoms with Crippen molar-refractivity contribution in [2.24, 2.45) is 5.73 Å². The molecule has 106 valence electrons. The van der Waals surface area contributed by atoms with Gasteiger partial charge in [0.05, 0.1) is 6.54 Å². The molecule has 2 N–H and O–H groups in total. The van der Waals surface area contributed by atoms with Gasteiger partial charge in [-0.3, -0.25) is 9.69 Å². The second-order valence-corrected chi connectivity index (χ2v) is 5.34. The molecule has 1 aromatic carbocycles. The lowest BCUT2D eigenvalue weighted by Gasteiger charge is -2.38. The van der Waals surface area contributed by atoms with E-state index in [9.17, 15) is 4.79 Å². The Morgan fingerprint density at radius 2 is 1.90 bits per heavy atom. The molecule has 0 bridgehead atoms. The van der Waals surface area contributed by atoms with Crippen LogP contribution in [0.25, 0.3) is 0 Å². The zero-order valence-electron chi connectivity index (χ0n) is 11.9. The zero-order chi connectivity index (χ0) is 14.6. The van der Waals surface area contributed by atoms with E-state index in [4.69, 9.17) is 12.2 Å². The number of amides is 1. The highest BCUT2D eigenvalue weighted by atomic mass is 16.2. The van der Waals surface area contributed by atoms with Crippen LogP contribution in [0.4, 0.5) is 0 Å². The smallest absolute Gasteiger partial charge is 0.247 e. The van der Waals surface area contributed by atoms with E-state index in [0.717, 1.165) is 18.7 Å². The van der Waals surface area contributed by atoms with Crippen LogP contribution in [-0.2, 0) is 10.3 Å². The molecule has 1 heterocycles. The molecular weight excluding hydrogens is 250 g/mol. The van der Waals surface area contributed by atoms with Gasteiger partial charge < -0.3 is 10.6 Å². The van der Waals surface area contributed by atoms with Gasteiger partial charge in [-0.1, -0.05) is 36.3 Å². The zero-order valence-corrected chi connectivity index (χ0v) is 11.9. The van der Waals surface area contributed by atoms with Gasteiger partial charge in [-0.2, -0.15) is 0 Å². The Morgan fingerprint density at radius 3 is 2.45 bits per heavy atom. The maximum atomic E-state index is 12.6. The fourth-order valence-corrected chi connectivity index (χ4v) is 2.47. The van der Waals surface area contributed by atoms with Gasteiger partial charge in [0.15, 0.2) is 0 Å². The van der Waals surface area contributed by atoms with Crippen LogP contribution in [0.3, 0.4) is 0 Å². The van der Waals surface area contributed by atoms with Crippen LogP contribution in [-0.4, -0.2) is 48.4 Å². The molecule has 1 atom stereocenters. The molecule has 0 saturated carbocycles. The maximum Gasteiger partial charge on any atom is 0.247 e. The summed E-state index contributed by atoms with van der Waals surface area (Å²) < 4.78 is 0. The first-order valence-electron chi connectivity index (χ1n) is 6.85. The number of nitrogens with zero attached hydrogens (tertiary/aromatic N) is 2. The van der Waals surface area contributed by atoms with E-state index in [0.29, 0.717) is 19.6 Å². The number of hydrogen-bond donors (Lipinski definition) is 1. The van der Waals surface area contributed by atoms with Gasteiger partial charge in [-0.15, -0.1) is 6.42 Å². The number of nitrogens with two attached hydrogens (primary N) is 1. The summed E-state index contributed by atoms with van der Waals surface area (Å²) in [5.74, 6) is 2.61. The number of piperazine rings is 1. The monoisotopic (exact) mass is 271 g/mol. The number of carbonyl (C=O) groups is 1.